The van der Waals surface area contributed by atoms with Gasteiger partial charge in [-0.3, -0.25) is 13.9 Å². The first-order valence-corrected chi connectivity index (χ1v) is 13.9. The summed E-state index contributed by atoms with van der Waals surface area (Å²) >= 11 is 0. The Balaban J connectivity index is 1.34. The van der Waals surface area contributed by atoms with Crippen molar-refractivity contribution in [1.82, 2.24) is 5.43 Å². The van der Waals surface area contributed by atoms with Crippen LogP contribution in [-0.2, 0) is 19.6 Å². The number of hydrogen-bond acceptors (Lipinski definition) is 6. The minimum Gasteiger partial charge on any atom is -0.484 e. The summed E-state index contributed by atoms with van der Waals surface area (Å²) in [5, 5.41) is 6.55. The zero-order chi connectivity index (χ0) is 29.2. The van der Waals surface area contributed by atoms with E-state index < -0.39 is 34.2 Å². The van der Waals surface area contributed by atoms with Gasteiger partial charge >= 0.3 is 0 Å². The van der Waals surface area contributed by atoms with Gasteiger partial charge < -0.3 is 10.1 Å². The Morgan fingerprint density at radius 3 is 2.22 bits per heavy atom. The summed E-state index contributed by atoms with van der Waals surface area (Å²) in [6.45, 7) is 1.04. The van der Waals surface area contributed by atoms with Gasteiger partial charge in [0.1, 0.15) is 18.1 Å². The molecule has 0 aliphatic carbocycles. The molecule has 210 valence electrons. The van der Waals surface area contributed by atoms with E-state index in [0.29, 0.717) is 28.3 Å². The third-order valence-corrected chi connectivity index (χ3v) is 7.56. The zero-order valence-electron chi connectivity index (χ0n) is 22.0. The Morgan fingerprint density at radius 2 is 1.54 bits per heavy atom. The molecule has 0 spiro atoms. The standard InChI is InChI=1S/C30H27FN4O5S/c1-22-7-5-6-10-28(22)35(41(38,39)27-8-3-2-4-9-27)20-29(36)34-32-19-23-11-17-26(18-12-23)40-21-30(37)33-25-15-13-24(31)14-16-25/h2-19H,20-21H2,1H3,(H,33,37)(H,34,36)/b32-19-. The van der Waals surface area contributed by atoms with Crippen molar-refractivity contribution in [3.05, 3.63) is 120 Å². The number of sulfonamides is 1. The number of rotatable bonds is 11. The lowest BCUT2D eigenvalue weighted by Crippen LogP contribution is -2.40. The van der Waals surface area contributed by atoms with Crippen molar-refractivity contribution in [1.29, 1.82) is 0 Å². The molecule has 4 rings (SSSR count). The molecular weight excluding hydrogens is 547 g/mol. The van der Waals surface area contributed by atoms with Crippen molar-refractivity contribution in [2.45, 2.75) is 11.8 Å². The van der Waals surface area contributed by atoms with E-state index in [9.17, 15) is 22.4 Å². The topological polar surface area (TPSA) is 117 Å². The number of para-hydroxylation sites is 1. The first-order chi connectivity index (χ1) is 19.7. The maximum Gasteiger partial charge on any atom is 0.264 e. The summed E-state index contributed by atoms with van der Waals surface area (Å²) in [7, 11) is -4.02. The lowest BCUT2D eigenvalue weighted by Gasteiger charge is -2.25. The average Bonchev–Trinajstić information content (AvgIpc) is 2.97. The Bertz CT molecular complexity index is 1630. The highest BCUT2D eigenvalue weighted by atomic mass is 32.2. The van der Waals surface area contributed by atoms with E-state index in [2.05, 4.69) is 15.8 Å². The molecule has 0 aliphatic heterocycles. The average molecular weight is 575 g/mol. The molecule has 2 N–H and O–H groups in total. The molecule has 11 heteroatoms. The van der Waals surface area contributed by atoms with Crippen molar-refractivity contribution in [3.63, 3.8) is 0 Å². The number of anilines is 2. The molecule has 0 atom stereocenters. The molecule has 0 fully saturated rings. The number of aryl methyl sites for hydroxylation is 1. The van der Waals surface area contributed by atoms with Crippen molar-refractivity contribution >= 4 is 39.4 Å². The van der Waals surface area contributed by atoms with Gasteiger partial charge in [0.05, 0.1) is 16.8 Å². The van der Waals surface area contributed by atoms with Crippen LogP contribution in [0.3, 0.4) is 0 Å². The number of nitrogens with zero attached hydrogens (tertiary/aromatic N) is 2. The lowest BCUT2D eigenvalue weighted by atomic mass is 10.2. The van der Waals surface area contributed by atoms with Gasteiger partial charge in [0.25, 0.3) is 21.8 Å². The minimum absolute atomic E-state index is 0.0646. The van der Waals surface area contributed by atoms with Crippen molar-refractivity contribution < 1.29 is 27.1 Å². The number of amides is 2. The number of ether oxygens (including phenoxy) is 1. The Morgan fingerprint density at radius 1 is 0.878 bits per heavy atom. The molecule has 0 bridgehead atoms. The van der Waals surface area contributed by atoms with Gasteiger partial charge in [0.15, 0.2) is 6.61 Å². The molecule has 0 aromatic heterocycles. The van der Waals surface area contributed by atoms with Gasteiger partial charge in [-0.05, 0) is 84.8 Å². The van der Waals surface area contributed by atoms with Crippen LogP contribution in [0.5, 0.6) is 5.75 Å². The van der Waals surface area contributed by atoms with Gasteiger partial charge in [-0.25, -0.2) is 18.2 Å². The van der Waals surface area contributed by atoms with E-state index in [1.54, 1.807) is 73.7 Å². The van der Waals surface area contributed by atoms with Crippen LogP contribution < -0.4 is 19.8 Å². The van der Waals surface area contributed by atoms with Gasteiger partial charge in [0, 0.05) is 5.69 Å². The normalized spacial score (nSPS) is 11.2. The minimum atomic E-state index is -4.02. The molecular formula is C30H27FN4O5S. The van der Waals surface area contributed by atoms with Crippen LogP contribution in [-0.4, -0.2) is 39.6 Å². The highest BCUT2D eigenvalue weighted by Crippen LogP contribution is 2.26. The van der Waals surface area contributed by atoms with Crippen LogP contribution in [0.1, 0.15) is 11.1 Å². The van der Waals surface area contributed by atoms with Crippen LogP contribution in [0.25, 0.3) is 0 Å². The summed E-state index contributed by atoms with van der Waals surface area (Å²) in [5.74, 6) is -1.00. The molecule has 4 aromatic rings. The van der Waals surface area contributed by atoms with Crippen molar-refractivity contribution in [2.24, 2.45) is 5.10 Å². The molecule has 0 heterocycles. The number of benzene rings is 4. The monoisotopic (exact) mass is 574 g/mol. The number of hydrazone groups is 1. The molecule has 41 heavy (non-hydrogen) atoms. The van der Waals surface area contributed by atoms with Gasteiger partial charge in [-0.15, -0.1) is 0 Å². The first kappa shape index (κ1) is 29.0. The molecule has 2 amide bonds. The quantitative estimate of drug-likeness (QED) is 0.202. The molecule has 4 aromatic carbocycles. The van der Waals surface area contributed by atoms with Gasteiger partial charge in [-0.1, -0.05) is 36.4 Å². The van der Waals surface area contributed by atoms with Gasteiger partial charge in [0.2, 0.25) is 0 Å². The first-order valence-electron chi connectivity index (χ1n) is 12.5. The summed E-state index contributed by atoms with van der Waals surface area (Å²) < 4.78 is 46.3. The van der Waals surface area contributed by atoms with E-state index >= 15 is 0 Å². The largest absolute Gasteiger partial charge is 0.484 e. The Labute approximate surface area is 237 Å². The Kier molecular flexibility index (Phi) is 9.43. The number of carbonyl (C=O) groups is 2. The summed E-state index contributed by atoms with van der Waals surface area (Å²) in [4.78, 5) is 24.9. The smallest absolute Gasteiger partial charge is 0.264 e. The third-order valence-electron chi connectivity index (χ3n) is 5.78. The van der Waals surface area contributed by atoms with Crippen LogP contribution >= 0.6 is 0 Å². The summed E-state index contributed by atoms with van der Waals surface area (Å²) in [6, 6.07) is 26.8. The van der Waals surface area contributed by atoms with Crippen molar-refractivity contribution in [2.75, 3.05) is 22.8 Å². The molecule has 0 saturated carbocycles. The van der Waals surface area contributed by atoms with Crippen LogP contribution in [0.15, 0.2) is 113 Å². The van der Waals surface area contributed by atoms with Crippen LogP contribution in [0.4, 0.5) is 15.8 Å². The molecule has 0 saturated heterocycles. The fourth-order valence-corrected chi connectivity index (χ4v) is 5.24. The molecule has 0 radical (unpaired) electrons. The fraction of sp³-hybridized carbons (Fsp3) is 0.100. The fourth-order valence-electron chi connectivity index (χ4n) is 3.74. The SMILES string of the molecule is Cc1ccccc1N(CC(=O)N/N=C\c1ccc(OCC(=O)Nc2ccc(F)cc2)cc1)S(=O)(=O)c1ccccc1. The second-order valence-electron chi connectivity index (χ2n) is 8.82. The highest BCUT2D eigenvalue weighted by Gasteiger charge is 2.28. The number of carbonyl (C=O) groups excluding carboxylic acids is 2. The molecule has 9 nitrogen and oxygen atoms in total. The van der Waals surface area contributed by atoms with E-state index in [1.807, 2.05) is 0 Å². The number of nitrogens with one attached hydrogen (secondary N) is 2. The molecule has 0 unspecified atom stereocenters. The van der Waals surface area contributed by atoms with E-state index in [0.717, 1.165) is 4.31 Å². The number of hydrogen-bond donors (Lipinski definition) is 2. The van der Waals surface area contributed by atoms with Crippen LogP contribution in [0, 0.1) is 12.7 Å². The molecule has 0 aliphatic rings. The summed E-state index contributed by atoms with van der Waals surface area (Å²) in [5.41, 5.74) is 4.53. The van der Waals surface area contributed by atoms with Crippen molar-refractivity contribution in [3.8, 4) is 5.75 Å². The maximum atomic E-state index is 13.4. The van der Waals surface area contributed by atoms with E-state index in [4.69, 9.17) is 4.74 Å². The second-order valence-corrected chi connectivity index (χ2v) is 10.7. The van der Waals surface area contributed by atoms with Gasteiger partial charge in [-0.2, -0.15) is 5.10 Å². The predicted octanol–water partition coefficient (Wildman–Crippen LogP) is 4.50. The number of halogens is 1. The second kappa shape index (κ2) is 13.4. The lowest BCUT2D eigenvalue weighted by molar-refractivity contribution is -0.119. The summed E-state index contributed by atoms with van der Waals surface area (Å²) in [6.07, 6.45) is 1.40. The maximum absolute atomic E-state index is 13.4. The predicted molar refractivity (Wildman–Crippen MR) is 155 cm³/mol. The van der Waals surface area contributed by atoms with E-state index in [-0.39, 0.29) is 11.5 Å². The van der Waals surface area contributed by atoms with E-state index in [1.165, 1.54) is 42.6 Å². The highest BCUT2D eigenvalue weighted by molar-refractivity contribution is 7.92. The third kappa shape index (κ3) is 7.99. The van der Waals surface area contributed by atoms with Crippen LogP contribution in [0.2, 0.25) is 0 Å². The Hall–Kier alpha value is -5.03. The zero-order valence-corrected chi connectivity index (χ0v) is 22.8.